The van der Waals surface area contributed by atoms with Gasteiger partial charge in [-0.15, -0.1) is 0 Å². The maximum atomic E-state index is 12.2. The Morgan fingerprint density at radius 3 is 2.40 bits per heavy atom. The van der Waals surface area contributed by atoms with Crippen molar-refractivity contribution in [3.8, 4) is 0 Å². The fraction of sp³-hybridized carbons (Fsp3) is 0.211. The number of halogens is 1. The summed E-state index contributed by atoms with van der Waals surface area (Å²) >= 11 is 5.84. The molecule has 2 aromatic carbocycles. The lowest BCUT2D eigenvalue weighted by Gasteiger charge is -2.16. The highest BCUT2D eigenvalue weighted by Gasteiger charge is 2.27. The summed E-state index contributed by atoms with van der Waals surface area (Å²) in [5.74, 6) is -2.26. The molecule has 130 valence electrons. The lowest BCUT2D eigenvalue weighted by Crippen LogP contribution is -2.35. The molecule has 25 heavy (non-hydrogen) atoms. The summed E-state index contributed by atoms with van der Waals surface area (Å²) in [5, 5.41) is 0.365. The summed E-state index contributed by atoms with van der Waals surface area (Å²) in [6.07, 6.45) is -1.30. The van der Waals surface area contributed by atoms with Crippen LogP contribution in [-0.2, 0) is 25.7 Å². The van der Waals surface area contributed by atoms with Crippen molar-refractivity contribution in [2.45, 2.75) is 19.6 Å². The van der Waals surface area contributed by atoms with E-state index < -0.39 is 23.6 Å². The van der Waals surface area contributed by atoms with E-state index in [1.54, 1.807) is 12.1 Å². The number of hydrogen-bond acceptors (Lipinski definition) is 5. The molecule has 6 heteroatoms. The van der Waals surface area contributed by atoms with Crippen molar-refractivity contribution in [3.63, 3.8) is 0 Å². The van der Waals surface area contributed by atoms with Crippen molar-refractivity contribution < 1.29 is 23.9 Å². The van der Waals surface area contributed by atoms with Crippen LogP contribution >= 0.6 is 11.6 Å². The van der Waals surface area contributed by atoms with Crippen LogP contribution in [0.4, 0.5) is 0 Å². The maximum absolute atomic E-state index is 12.2. The fourth-order valence-corrected chi connectivity index (χ4v) is 2.25. The maximum Gasteiger partial charge on any atom is 0.338 e. The number of carbonyl (C=O) groups excluding carboxylic acids is 3. The molecule has 0 radical (unpaired) electrons. The second-order valence-corrected chi connectivity index (χ2v) is 5.76. The third-order valence-electron chi connectivity index (χ3n) is 3.33. The molecule has 0 aliphatic carbocycles. The summed E-state index contributed by atoms with van der Waals surface area (Å²) in [7, 11) is 0. The molecule has 0 saturated heterocycles. The van der Waals surface area contributed by atoms with Crippen molar-refractivity contribution in [2.75, 3.05) is 6.61 Å². The molecule has 2 rings (SSSR count). The van der Waals surface area contributed by atoms with Crippen LogP contribution in [0.1, 0.15) is 22.8 Å². The average molecular weight is 361 g/mol. The van der Waals surface area contributed by atoms with Gasteiger partial charge in [-0.05, 0) is 23.8 Å². The van der Waals surface area contributed by atoms with Gasteiger partial charge in [0.2, 0.25) is 5.78 Å². The third-order valence-corrected chi connectivity index (χ3v) is 3.56. The molecular weight excluding hydrogens is 344 g/mol. The average Bonchev–Trinajstić information content (AvgIpc) is 2.61. The molecule has 0 spiro atoms. The van der Waals surface area contributed by atoms with Crippen LogP contribution in [0, 0.1) is 0 Å². The van der Waals surface area contributed by atoms with E-state index in [1.165, 1.54) is 12.1 Å². The van der Waals surface area contributed by atoms with Gasteiger partial charge in [0.1, 0.15) is 0 Å². The fourth-order valence-electron chi connectivity index (χ4n) is 2.06. The molecule has 1 unspecified atom stereocenters. The van der Waals surface area contributed by atoms with Crippen molar-refractivity contribution in [1.82, 2.24) is 0 Å². The highest BCUT2D eigenvalue weighted by atomic mass is 35.5. The Labute approximate surface area is 150 Å². The number of hydrogen-bond donors (Lipinski definition) is 0. The first-order valence-electron chi connectivity index (χ1n) is 7.60. The van der Waals surface area contributed by atoms with Gasteiger partial charge in [-0.2, -0.15) is 0 Å². The molecule has 0 N–H and O–H groups in total. The molecule has 1 atom stereocenters. The number of esters is 1. The van der Waals surface area contributed by atoms with E-state index in [0.29, 0.717) is 5.02 Å². The van der Waals surface area contributed by atoms with Crippen molar-refractivity contribution in [3.05, 3.63) is 70.7 Å². The largest absolute Gasteiger partial charge is 0.448 e. The topological polar surface area (TPSA) is 69.7 Å². The molecule has 0 fully saturated rings. The molecule has 5 nitrogen and oxygen atoms in total. The lowest BCUT2D eigenvalue weighted by atomic mass is 10.1. The summed E-state index contributed by atoms with van der Waals surface area (Å²) in [5.41, 5.74) is 1.09. The highest BCUT2D eigenvalue weighted by Crippen LogP contribution is 2.13. The van der Waals surface area contributed by atoms with Gasteiger partial charge in [0.15, 0.2) is 11.9 Å². The SMILES string of the molecule is CC(=O)C(=O)C(COCc1ccccc1)OC(=O)c1cccc(Cl)c1. The van der Waals surface area contributed by atoms with Gasteiger partial charge in [-0.3, -0.25) is 9.59 Å². The van der Waals surface area contributed by atoms with Crippen LogP contribution in [0.3, 0.4) is 0 Å². The molecular formula is C19H17ClO5. The quantitative estimate of drug-likeness (QED) is 0.534. The number of benzene rings is 2. The van der Waals surface area contributed by atoms with Crippen LogP contribution in [-0.4, -0.2) is 30.2 Å². The van der Waals surface area contributed by atoms with E-state index in [4.69, 9.17) is 21.1 Å². The van der Waals surface area contributed by atoms with Gasteiger partial charge >= 0.3 is 5.97 Å². The summed E-state index contributed by atoms with van der Waals surface area (Å²) in [6, 6.07) is 15.4. The van der Waals surface area contributed by atoms with E-state index in [-0.39, 0.29) is 18.8 Å². The summed E-state index contributed by atoms with van der Waals surface area (Å²) in [6.45, 7) is 1.15. The lowest BCUT2D eigenvalue weighted by molar-refractivity contribution is -0.143. The van der Waals surface area contributed by atoms with Gasteiger partial charge in [0.25, 0.3) is 0 Å². The Kier molecular flexibility index (Phi) is 6.86. The first-order valence-corrected chi connectivity index (χ1v) is 7.98. The highest BCUT2D eigenvalue weighted by molar-refractivity contribution is 6.38. The van der Waals surface area contributed by atoms with Gasteiger partial charge in [0.05, 0.1) is 18.8 Å². The minimum Gasteiger partial charge on any atom is -0.448 e. The predicted molar refractivity (Wildman–Crippen MR) is 92.4 cm³/mol. The molecule has 0 saturated carbocycles. The Morgan fingerprint density at radius 1 is 1.04 bits per heavy atom. The molecule has 0 aliphatic rings. The zero-order valence-corrected chi connectivity index (χ0v) is 14.4. The number of ketones is 2. The monoisotopic (exact) mass is 360 g/mol. The smallest absolute Gasteiger partial charge is 0.338 e. The van der Waals surface area contributed by atoms with E-state index >= 15 is 0 Å². The van der Waals surface area contributed by atoms with E-state index in [0.717, 1.165) is 12.5 Å². The van der Waals surface area contributed by atoms with E-state index in [9.17, 15) is 14.4 Å². The molecule has 0 aliphatic heterocycles. The van der Waals surface area contributed by atoms with Crippen LogP contribution in [0.15, 0.2) is 54.6 Å². The molecule has 2 aromatic rings. The molecule has 0 aromatic heterocycles. The van der Waals surface area contributed by atoms with Crippen LogP contribution in [0.25, 0.3) is 0 Å². The molecule has 0 heterocycles. The Balaban J connectivity index is 2.01. The standard InChI is InChI=1S/C19H17ClO5/c1-13(21)18(22)17(12-24-11-14-6-3-2-4-7-14)25-19(23)15-8-5-9-16(20)10-15/h2-10,17H,11-12H2,1H3. The molecule has 0 amide bonds. The van der Waals surface area contributed by atoms with Crippen molar-refractivity contribution in [2.24, 2.45) is 0 Å². The number of carbonyl (C=O) groups is 3. The van der Waals surface area contributed by atoms with Gasteiger partial charge in [-0.25, -0.2) is 4.79 Å². The zero-order chi connectivity index (χ0) is 18.2. The van der Waals surface area contributed by atoms with Crippen LogP contribution in [0.5, 0.6) is 0 Å². The second kappa shape index (κ2) is 9.11. The van der Waals surface area contributed by atoms with E-state index in [1.807, 2.05) is 30.3 Å². The second-order valence-electron chi connectivity index (χ2n) is 5.33. The Hall–Kier alpha value is -2.50. The van der Waals surface area contributed by atoms with Crippen LogP contribution < -0.4 is 0 Å². The third kappa shape index (κ3) is 5.81. The van der Waals surface area contributed by atoms with Gasteiger partial charge < -0.3 is 9.47 Å². The van der Waals surface area contributed by atoms with Crippen LogP contribution in [0.2, 0.25) is 5.02 Å². The summed E-state index contributed by atoms with van der Waals surface area (Å²) < 4.78 is 10.6. The van der Waals surface area contributed by atoms with Gasteiger partial charge in [-0.1, -0.05) is 48.0 Å². The number of rotatable bonds is 8. The van der Waals surface area contributed by atoms with Gasteiger partial charge in [0, 0.05) is 11.9 Å². The zero-order valence-electron chi connectivity index (χ0n) is 13.6. The van der Waals surface area contributed by atoms with E-state index in [2.05, 4.69) is 0 Å². The Bertz CT molecular complexity index is 757. The predicted octanol–water partition coefficient (Wildman–Crippen LogP) is 3.24. The minimum absolute atomic E-state index is 0.192. The Morgan fingerprint density at radius 2 is 1.76 bits per heavy atom. The normalized spacial score (nSPS) is 11.6. The number of Topliss-reactive ketones (excluding diaryl/α,β-unsaturated/α-hetero) is 2. The van der Waals surface area contributed by atoms with Crippen molar-refractivity contribution in [1.29, 1.82) is 0 Å². The number of ether oxygens (including phenoxy) is 2. The van der Waals surface area contributed by atoms with Crippen molar-refractivity contribution >= 4 is 29.1 Å². The first kappa shape index (κ1) is 18.8. The molecule has 0 bridgehead atoms. The first-order chi connectivity index (χ1) is 12.0. The minimum atomic E-state index is -1.30. The summed E-state index contributed by atoms with van der Waals surface area (Å²) in [4.78, 5) is 35.5.